The van der Waals surface area contributed by atoms with Crippen molar-refractivity contribution in [1.82, 2.24) is 14.8 Å². The van der Waals surface area contributed by atoms with E-state index in [0.29, 0.717) is 29.8 Å². The Labute approximate surface area is 170 Å². The Morgan fingerprint density at radius 2 is 2.04 bits per heavy atom. The first-order chi connectivity index (χ1) is 13.0. The van der Waals surface area contributed by atoms with Crippen molar-refractivity contribution in [2.75, 3.05) is 0 Å². The smallest absolute Gasteiger partial charge is 0.175 e. The quantitative estimate of drug-likeness (QED) is 0.528. The zero-order valence-corrected chi connectivity index (χ0v) is 17.0. The van der Waals surface area contributed by atoms with Crippen molar-refractivity contribution in [2.45, 2.75) is 20.1 Å². The molecule has 0 aliphatic carbocycles. The van der Waals surface area contributed by atoms with Gasteiger partial charge in [0.15, 0.2) is 11.6 Å². The van der Waals surface area contributed by atoms with Crippen molar-refractivity contribution < 1.29 is 4.74 Å². The van der Waals surface area contributed by atoms with Crippen LogP contribution < -0.4 is 0 Å². The molecular formula is C20H16BrClN4O. The predicted octanol–water partition coefficient (Wildman–Crippen LogP) is 5.08. The Morgan fingerprint density at radius 3 is 2.81 bits per heavy atom. The predicted molar refractivity (Wildman–Crippen MR) is 109 cm³/mol. The Hall–Kier alpha value is -2.44. The highest BCUT2D eigenvalue weighted by atomic mass is 79.9. The number of benzene rings is 2. The van der Waals surface area contributed by atoms with Crippen molar-refractivity contribution in [2.24, 2.45) is 4.99 Å². The van der Waals surface area contributed by atoms with Crippen LogP contribution in [0.1, 0.15) is 29.7 Å². The van der Waals surface area contributed by atoms with Gasteiger partial charge in [-0.3, -0.25) is 9.56 Å². The second-order valence-corrected chi connectivity index (χ2v) is 7.49. The Kier molecular flexibility index (Phi) is 4.85. The van der Waals surface area contributed by atoms with E-state index in [-0.39, 0.29) is 0 Å². The first kappa shape index (κ1) is 17.9. The maximum atomic E-state index is 6.46. The SMILES string of the molecule is C=C(C)OCc1nnc2n1-c1ccc(Br)cc1C(c1ccccc1Cl)=NC2. The summed E-state index contributed by atoms with van der Waals surface area (Å²) in [5.74, 6) is 2.08. The van der Waals surface area contributed by atoms with Crippen molar-refractivity contribution in [1.29, 1.82) is 0 Å². The highest BCUT2D eigenvalue weighted by Gasteiger charge is 2.24. The summed E-state index contributed by atoms with van der Waals surface area (Å²) in [6, 6.07) is 13.8. The van der Waals surface area contributed by atoms with Gasteiger partial charge in [0.1, 0.15) is 13.2 Å². The molecule has 0 spiro atoms. The van der Waals surface area contributed by atoms with Crippen LogP contribution in [0.3, 0.4) is 0 Å². The van der Waals surface area contributed by atoms with Gasteiger partial charge in [0, 0.05) is 20.6 Å². The van der Waals surface area contributed by atoms with Crippen LogP contribution in [0.2, 0.25) is 5.02 Å². The second-order valence-electron chi connectivity index (χ2n) is 6.16. The van der Waals surface area contributed by atoms with Gasteiger partial charge in [-0.15, -0.1) is 10.2 Å². The number of fused-ring (bicyclic) bond motifs is 3. The van der Waals surface area contributed by atoms with Gasteiger partial charge in [0.25, 0.3) is 0 Å². The summed E-state index contributed by atoms with van der Waals surface area (Å²) in [7, 11) is 0. The lowest BCUT2D eigenvalue weighted by molar-refractivity contribution is 0.193. The zero-order chi connectivity index (χ0) is 19.0. The molecule has 0 fully saturated rings. The third kappa shape index (κ3) is 3.42. The lowest BCUT2D eigenvalue weighted by Gasteiger charge is -2.15. The van der Waals surface area contributed by atoms with E-state index >= 15 is 0 Å². The maximum absolute atomic E-state index is 6.46. The Bertz CT molecular complexity index is 1070. The number of hydrogen-bond donors (Lipinski definition) is 0. The highest BCUT2D eigenvalue weighted by molar-refractivity contribution is 9.10. The number of rotatable bonds is 4. The van der Waals surface area contributed by atoms with E-state index in [1.807, 2.05) is 54.0 Å². The summed E-state index contributed by atoms with van der Waals surface area (Å²) in [6.45, 7) is 6.27. The van der Waals surface area contributed by atoms with E-state index in [4.69, 9.17) is 21.3 Å². The van der Waals surface area contributed by atoms with E-state index in [9.17, 15) is 0 Å². The number of halogens is 2. The first-order valence-corrected chi connectivity index (χ1v) is 9.53. The number of aliphatic imine (C=N–C) groups is 1. The molecule has 7 heteroatoms. The van der Waals surface area contributed by atoms with Crippen molar-refractivity contribution in [3.05, 3.63) is 87.1 Å². The lowest BCUT2D eigenvalue weighted by Crippen LogP contribution is -2.10. The fourth-order valence-corrected chi connectivity index (χ4v) is 3.61. The van der Waals surface area contributed by atoms with E-state index in [0.717, 1.165) is 32.8 Å². The van der Waals surface area contributed by atoms with Crippen LogP contribution >= 0.6 is 27.5 Å². The summed E-state index contributed by atoms with van der Waals surface area (Å²) in [4.78, 5) is 4.82. The van der Waals surface area contributed by atoms with E-state index in [2.05, 4.69) is 32.7 Å². The van der Waals surface area contributed by atoms with Crippen LogP contribution in [0.15, 0.2) is 64.3 Å². The molecule has 0 N–H and O–H groups in total. The molecular weight excluding hydrogens is 428 g/mol. The Balaban J connectivity index is 1.90. The maximum Gasteiger partial charge on any atom is 0.175 e. The summed E-state index contributed by atoms with van der Waals surface area (Å²) >= 11 is 10.0. The Morgan fingerprint density at radius 1 is 1.22 bits per heavy atom. The molecule has 0 atom stereocenters. The molecule has 0 saturated heterocycles. The average molecular weight is 444 g/mol. The molecule has 0 unspecified atom stereocenters. The summed E-state index contributed by atoms with van der Waals surface area (Å²) in [6.07, 6.45) is 0. The van der Waals surface area contributed by atoms with Crippen LogP contribution in [-0.2, 0) is 17.9 Å². The molecule has 0 bridgehead atoms. The number of ether oxygens (including phenoxy) is 1. The molecule has 27 heavy (non-hydrogen) atoms. The molecule has 2 heterocycles. The topological polar surface area (TPSA) is 52.3 Å². The van der Waals surface area contributed by atoms with Gasteiger partial charge in [-0.25, -0.2) is 0 Å². The van der Waals surface area contributed by atoms with Gasteiger partial charge in [0.2, 0.25) is 0 Å². The van der Waals surface area contributed by atoms with Gasteiger partial charge < -0.3 is 4.74 Å². The summed E-state index contributed by atoms with van der Waals surface area (Å²) < 4.78 is 8.53. The minimum atomic E-state index is 0.291. The number of aromatic nitrogens is 3. The van der Waals surface area contributed by atoms with Crippen LogP contribution in [0.4, 0.5) is 0 Å². The molecule has 1 aromatic heterocycles. The molecule has 1 aliphatic rings. The monoisotopic (exact) mass is 442 g/mol. The van der Waals surface area contributed by atoms with Gasteiger partial charge >= 0.3 is 0 Å². The van der Waals surface area contributed by atoms with E-state index in [1.165, 1.54) is 0 Å². The normalized spacial score (nSPS) is 12.6. The lowest BCUT2D eigenvalue weighted by atomic mass is 10.0. The van der Waals surface area contributed by atoms with E-state index < -0.39 is 0 Å². The van der Waals surface area contributed by atoms with Gasteiger partial charge in [0.05, 0.1) is 17.2 Å². The molecule has 0 amide bonds. The zero-order valence-electron chi connectivity index (χ0n) is 14.6. The largest absolute Gasteiger partial charge is 0.491 e. The van der Waals surface area contributed by atoms with Crippen LogP contribution in [0.5, 0.6) is 0 Å². The third-order valence-electron chi connectivity index (χ3n) is 4.21. The van der Waals surface area contributed by atoms with Crippen LogP contribution in [0.25, 0.3) is 5.69 Å². The van der Waals surface area contributed by atoms with Gasteiger partial charge in [-0.2, -0.15) is 0 Å². The molecule has 4 rings (SSSR count). The minimum absolute atomic E-state index is 0.291. The minimum Gasteiger partial charge on any atom is -0.491 e. The third-order valence-corrected chi connectivity index (χ3v) is 5.03. The van der Waals surface area contributed by atoms with Gasteiger partial charge in [-0.05, 0) is 31.2 Å². The standard InChI is InChI=1S/C20H16BrClN4O/c1-12(2)27-11-19-25-24-18-10-23-20(14-5-3-4-6-16(14)22)15-9-13(21)7-8-17(15)26(18)19/h3-9H,1,10-11H2,2H3. The fourth-order valence-electron chi connectivity index (χ4n) is 3.03. The highest BCUT2D eigenvalue weighted by Crippen LogP contribution is 2.30. The number of hydrogen-bond acceptors (Lipinski definition) is 4. The molecule has 0 radical (unpaired) electrons. The average Bonchev–Trinajstić information content (AvgIpc) is 2.97. The van der Waals surface area contributed by atoms with Crippen molar-refractivity contribution in [3.63, 3.8) is 0 Å². The van der Waals surface area contributed by atoms with Crippen LogP contribution in [-0.4, -0.2) is 20.5 Å². The number of nitrogens with zero attached hydrogens (tertiary/aromatic N) is 4. The van der Waals surface area contributed by atoms with Gasteiger partial charge in [-0.1, -0.05) is 52.3 Å². The molecule has 5 nitrogen and oxygen atoms in total. The number of allylic oxidation sites excluding steroid dienone is 1. The fraction of sp³-hybridized carbons (Fsp3) is 0.150. The first-order valence-electron chi connectivity index (χ1n) is 8.35. The summed E-state index contributed by atoms with van der Waals surface area (Å²) in [5, 5.41) is 9.26. The van der Waals surface area contributed by atoms with E-state index in [1.54, 1.807) is 0 Å². The summed E-state index contributed by atoms with van der Waals surface area (Å²) in [5.41, 5.74) is 3.61. The second kappa shape index (κ2) is 7.29. The molecule has 3 aromatic rings. The van der Waals surface area contributed by atoms with Crippen molar-refractivity contribution in [3.8, 4) is 5.69 Å². The molecule has 0 saturated carbocycles. The molecule has 2 aromatic carbocycles. The molecule has 1 aliphatic heterocycles. The van der Waals surface area contributed by atoms with Crippen molar-refractivity contribution >= 4 is 33.2 Å². The molecule has 136 valence electrons. The van der Waals surface area contributed by atoms with Crippen LogP contribution in [0, 0.1) is 0 Å².